The molecule has 3 aromatic rings. The van der Waals surface area contributed by atoms with Gasteiger partial charge in [-0.3, -0.25) is 9.78 Å². The van der Waals surface area contributed by atoms with Crippen molar-refractivity contribution in [1.82, 2.24) is 4.98 Å². The van der Waals surface area contributed by atoms with Gasteiger partial charge in [0, 0.05) is 35.3 Å². The van der Waals surface area contributed by atoms with Crippen LogP contribution in [0.1, 0.15) is 47.8 Å². The summed E-state index contributed by atoms with van der Waals surface area (Å²) in [5.41, 5.74) is 3.72. The van der Waals surface area contributed by atoms with Crippen molar-refractivity contribution in [3.8, 4) is 11.5 Å². The molecule has 2 aromatic carbocycles. The van der Waals surface area contributed by atoms with Crippen LogP contribution >= 0.6 is 12.4 Å². The number of carbonyl (C=O) groups is 1. The smallest absolute Gasteiger partial charge is 0.259 e. The van der Waals surface area contributed by atoms with Gasteiger partial charge in [0.15, 0.2) is 11.5 Å². The average molecular weight is 439 g/mol. The maximum absolute atomic E-state index is 13.0. The zero-order chi connectivity index (χ0) is 21.1. The summed E-state index contributed by atoms with van der Waals surface area (Å²) >= 11 is 0. The highest BCUT2D eigenvalue weighted by atomic mass is 35.5. The van der Waals surface area contributed by atoms with Crippen LogP contribution in [0.15, 0.2) is 67.0 Å². The zero-order valence-corrected chi connectivity index (χ0v) is 18.8. The first-order valence-corrected chi connectivity index (χ1v) is 10.2. The number of carbonyl (C=O) groups excluding carboxylic acids is 1. The number of fused-ring (bicyclic) bond motifs is 1. The summed E-state index contributed by atoms with van der Waals surface area (Å²) in [6, 6.07) is 17.7. The van der Waals surface area contributed by atoms with Crippen molar-refractivity contribution in [1.29, 1.82) is 0 Å². The number of anilines is 1. The van der Waals surface area contributed by atoms with Crippen LogP contribution in [0.3, 0.4) is 0 Å². The van der Waals surface area contributed by atoms with Gasteiger partial charge in [-0.25, -0.2) is 0 Å². The van der Waals surface area contributed by atoms with Crippen molar-refractivity contribution in [2.24, 2.45) is 0 Å². The lowest BCUT2D eigenvalue weighted by Crippen LogP contribution is -2.26. The first-order chi connectivity index (χ1) is 14.6. The molecular weight excluding hydrogens is 412 g/mol. The first-order valence-electron chi connectivity index (χ1n) is 10.2. The standard InChI is InChI=1S/C25H26N2O3.ClH/c1-17(9-10-19-7-5-4-6-8-19)30-24-15-20(11-12-23(24)29-3)27-18(2)22-16-26-14-13-21(22)25(27)28;/h4-8,11-18H,9-10H2,1-3H3;1H. The number of methoxy groups -OCH3 is 1. The second-order valence-electron chi connectivity index (χ2n) is 7.60. The molecule has 0 saturated carbocycles. The van der Waals surface area contributed by atoms with Crippen LogP contribution in [0.25, 0.3) is 0 Å². The van der Waals surface area contributed by atoms with Gasteiger partial charge in [0.05, 0.1) is 19.3 Å². The van der Waals surface area contributed by atoms with Gasteiger partial charge in [0.25, 0.3) is 5.91 Å². The minimum Gasteiger partial charge on any atom is -0.493 e. The lowest BCUT2D eigenvalue weighted by molar-refractivity contribution is 0.0992. The number of hydrogen-bond donors (Lipinski definition) is 0. The van der Waals surface area contributed by atoms with Crippen LogP contribution in [-0.4, -0.2) is 24.1 Å². The second kappa shape index (κ2) is 9.84. The third-order valence-electron chi connectivity index (χ3n) is 5.57. The van der Waals surface area contributed by atoms with Crippen molar-refractivity contribution in [3.63, 3.8) is 0 Å². The molecule has 0 spiro atoms. The number of aromatic nitrogens is 1. The van der Waals surface area contributed by atoms with Crippen molar-refractivity contribution < 1.29 is 14.3 Å². The summed E-state index contributed by atoms with van der Waals surface area (Å²) in [5, 5.41) is 0. The molecule has 162 valence electrons. The molecule has 31 heavy (non-hydrogen) atoms. The molecule has 1 amide bonds. The summed E-state index contributed by atoms with van der Waals surface area (Å²) in [7, 11) is 1.63. The van der Waals surface area contributed by atoms with E-state index in [9.17, 15) is 4.79 Å². The number of rotatable bonds is 7. The highest BCUT2D eigenvalue weighted by molar-refractivity contribution is 6.11. The van der Waals surface area contributed by atoms with E-state index in [1.807, 2.05) is 31.2 Å². The Hall–Kier alpha value is -3.05. The number of amides is 1. The van der Waals surface area contributed by atoms with Gasteiger partial charge in [0.2, 0.25) is 0 Å². The molecule has 0 fully saturated rings. The Labute approximate surface area is 189 Å². The fourth-order valence-electron chi connectivity index (χ4n) is 3.92. The molecule has 2 unspecified atom stereocenters. The van der Waals surface area contributed by atoms with Gasteiger partial charge in [-0.2, -0.15) is 0 Å². The van der Waals surface area contributed by atoms with E-state index in [2.05, 4.69) is 36.2 Å². The number of halogens is 1. The van der Waals surface area contributed by atoms with E-state index in [1.165, 1.54) is 5.56 Å². The molecule has 6 heteroatoms. The van der Waals surface area contributed by atoms with Gasteiger partial charge in [-0.05, 0) is 50.5 Å². The summed E-state index contributed by atoms with van der Waals surface area (Å²) in [4.78, 5) is 18.9. The third-order valence-corrected chi connectivity index (χ3v) is 5.57. The van der Waals surface area contributed by atoms with Crippen molar-refractivity contribution in [2.45, 2.75) is 38.8 Å². The topological polar surface area (TPSA) is 51.7 Å². The van der Waals surface area contributed by atoms with Crippen LogP contribution in [0.2, 0.25) is 0 Å². The fraction of sp³-hybridized carbons (Fsp3) is 0.280. The summed E-state index contributed by atoms with van der Waals surface area (Å²) in [6.45, 7) is 4.07. The molecule has 0 bridgehead atoms. The lowest BCUT2D eigenvalue weighted by Gasteiger charge is -2.24. The highest BCUT2D eigenvalue weighted by Gasteiger charge is 2.35. The van der Waals surface area contributed by atoms with Gasteiger partial charge in [-0.1, -0.05) is 30.3 Å². The molecule has 2 heterocycles. The van der Waals surface area contributed by atoms with Crippen molar-refractivity contribution in [3.05, 3.63) is 83.7 Å². The molecule has 0 saturated heterocycles. The Kier molecular flexibility index (Phi) is 7.18. The molecule has 2 atom stereocenters. The first kappa shape index (κ1) is 22.6. The Morgan fingerprint density at radius 1 is 1.10 bits per heavy atom. The number of hydrogen-bond acceptors (Lipinski definition) is 4. The second-order valence-corrected chi connectivity index (χ2v) is 7.60. The minimum absolute atomic E-state index is 0. The third kappa shape index (κ3) is 4.67. The summed E-state index contributed by atoms with van der Waals surface area (Å²) in [6.07, 6.45) is 5.25. The van der Waals surface area contributed by atoms with Gasteiger partial charge in [0.1, 0.15) is 0 Å². The molecule has 4 rings (SSSR count). The van der Waals surface area contributed by atoms with E-state index < -0.39 is 0 Å². The number of aryl methyl sites for hydroxylation is 1. The molecule has 0 radical (unpaired) electrons. The van der Waals surface area contributed by atoms with Crippen LogP contribution in [0, 0.1) is 0 Å². The van der Waals surface area contributed by atoms with E-state index in [0.29, 0.717) is 17.1 Å². The van der Waals surface area contributed by atoms with E-state index >= 15 is 0 Å². The van der Waals surface area contributed by atoms with Crippen LogP contribution < -0.4 is 14.4 Å². The van der Waals surface area contributed by atoms with Crippen molar-refractivity contribution in [2.75, 3.05) is 12.0 Å². The molecule has 1 aliphatic heterocycles. The number of ether oxygens (including phenoxy) is 2. The Morgan fingerprint density at radius 3 is 2.58 bits per heavy atom. The zero-order valence-electron chi connectivity index (χ0n) is 17.9. The van der Waals surface area contributed by atoms with Gasteiger partial charge >= 0.3 is 0 Å². The monoisotopic (exact) mass is 438 g/mol. The molecular formula is C25H27ClN2O3. The quantitative estimate of drug-likeness (QED) is 0.479. The summed E-state index contributed by atoms with van der Waals surface area (Å²) < 4.78 is 11.7. The summed E-state index contributed by atoms with van der Waals surface area (Å²) in [5.74, 6) is 1.28. The van der Waals surface area contributed by atoms with Gasteiger partial charge in [-0.15, -0.1) is 12.4 Å². The molecule has 0 N–H and O–H groups in total. The van der Waals surface area contributed by atoms with Crippen molar-refractivity contribution >= 4 is 24.0 Å². The largest absolute Gasteiger partial charge is 0.493 e. The Balaban J connectivity index is 0.00000272. The van der Waals surface area contributed by atoms with Crippen LogP contribution in [0.5, 0.6) is 11.5 Å². The van der Waals surface area contributed by atoms with Crippen LogP contribution in [0.4, 0.5) is 5.69 Å². The highest BCUT2D eigenvalue weighted by Crippen LogP contribution is 2.40. The minimum atomic E-state index is -0.0852. The number of nitrogens with zero attached hydrogens (tertiary/aromatic N) is 2. The molecule has 1 aromatic heterocycles. The Bertz CT molecular complexity index is 1040. The SMILES string of the molecule is COc1ccc(N2C(=O)c3ccncc3C2C)cc1OC(C)CCc1ccccc1.Cl. The molecule has 0 aliphatic carbocycles. The maximum Gasteiger partial charge on any atom is 0.259 e. The predicted octanol–water partition coefficient (Wildman–Crippen LogP) is 5.63. The van der Waals surface area contributed by atoms with Gasteiger partial charge < -0.3 is 14.4 Å². The van der Waals surface area contributed by atoms with Crippen LogP contribution in [-0.2, 0) is 6.42 Å². The van der Waals surface area contributed by atoms with E-state index in [1.54, 1.807) is 30.5 Å². The number of pyridine rings is 1. The van der Waals surface area contributed by atoms with E-state index in [-0.39, 0.29) is 30.5 Å². The fourth-order valence-corrected chi connectivity index (χ4v) is 3.92. The average Bonchev–Trinajstić information content (AvgIpc) is 3.03. The molecule has 5 nitrogen and oxygen atoms in total. The molecule has 1 aliphatic rings. The van der Waals surface area contributed by atoms with E-state index in [0.717, 1.165) is 24.1 Å². The number of benzene rings is 2. The predicted molar refractivity (Wildman–Crippen MR) is 125 cm³/mol. The maximum atomic E-state index is 13.0. The van der Waals surface area contributed by atoms with E-state index in [4.69, 9.17) is 9.47 Å². The Morgan fingerprint density at radius 2 is 1.87 bits per heavy atom. The normalized spacial score (nSPS) is 15.8. The lowest BCUT2D eigenvalue weighted by atomic mass is 10.1.